The van der Waals surface area contributed by atoms with E-state index in [4.69, 9.17) is 16.3 Å². The van der Waals surface area contributed by atoms with Gasteiger partial charge in [0.05, 0.1) is 13.2 Å². The molecule has 86 valence electrons. The van der Waals surface area contributed by atoms with E-state index in [1.807, 2.05) is 0 Å². The van der Waals surface area contributed by atoms with Crippen molar-refractivity contribution in [3.05, 3.63) is 34.9 Å². The van der Waals surface area contributed by atoms with Crippen LogP contribution in [0.1, 0.15) is 16.8 Å². The number of halogens is 1. The summed E-state index contributed by atoms with van der Waals surface area (Å²) in [5, 5.41) is 3.91. The number of rotatable bonds is 3. The van der Waals surface area contributed by atoms with Gasteiger partial charge in [-0.05, 0) is 24.3 Å². The number of Topliss-reactive ketones (excluding diaryl/α,β-unsaturated/α-hetero) is 1. The van der Waals surface area contributed by atoms with Crippen molar-refractivity contribution < 1.29 is 9.53 Å². The van der Waals surface area contributed by atoms with Crippen molar-refractivity contribution in [3.63, 3.8) is 0 Å². The minimum Gasteiger partial charge on any atom is -0.378 e. The third-order valence-electron chi connectivity index (χ3n) is 2.60. The Balaban J connectivity index is 1.94. The topological polar surface area (TPSA) is 38.3 Å². The van der Waals surface area contributed by atoms with Crippen molar-refractivity contribution in [3.8, 4) is 0 Å². The molecule has 0 radical (unpaired) electrons. The van der Waals surface area contributed by atoms with Crippen LogP contribution in [0.3, 0.4) is 0 Å². The van der Waals surface area contributed by atoms with Gasteiger partial charge in [-0.1, -0.05) is 11.6 Å². The van der Waals surface area contributed by atoms with Gasteiger partial charge in [-0.15, -0.1) is 0 Å². The summed E-state index contributed by atoms with van der Waals surface area (Å²) in [5.74, 6) is 0.125. The van der Waals surface area contributed by atoms with Crippen LogP contribution < -0.4 is 5.32 Å². The first kappa shape index (κ1) is 11.6. The molecule has 1 unspecified atom stereocenters. The summed E-state index contributed by atoms with van der Waals surface area (Å²) in [6.45, 7) is 2.16. The van der Waals surface area contributed by atoms with Gasteiger partial charge >= 0.3 is 0 Å². The van der Waals surface area contributed by atoms with Crippen LogP contribution in [-0.4, -0.2) is 31.6 Å². The van der Waals surface area contributed by atoms with Gasteiger partial charge in [-0.3, -0.25) is 4.79 Å². The number of ketones is 1. The van der Waals surface area contributed by atoms with Crippen LogP contribution in [0.15, 0.2) is 24.3 Å². The van der Waals surface area contributed by atoms with Crippen LogP contribution in [0, 0.1) is 0 Å². The quantitative estimate of drug-likeness (QED) is 0.819. The fourth-order valence-electron chi connectivity index (χ4n) is 1.73. The van der Waals surface area contributed by atoms with E-state index in [0.717, 1.165) is 13.2 Å². The summed E-state index contributed by atoms with van der Waals surface area (Å²) in [4.78, 5) is 11.9. The van der Waals surface area contributed by atoms with E-state index in [0.29, 0.717) is 23.6 Å². The average molecular weight is 240 g/mol. The second-order valence-corrected chi connectivity index (χ2v) is 4.30. The summed E-state index contributed by atoms with van der Waals surface area (Å²) in [6, 6.07) is 7.12. The second kappa shape index (κ2) is 5.43. The Kier molecular flexibility index (Phi) is 3.93. The molecule has 1 aliphatic rings. The number of hydrogen-bond acceptors (Lipinski definition) is 3. The Morgan fingerprint density at radius 3 is 2.81 bits per heavy atom. The molecular weight excluding hydrogens is 226 g/mol. The number of morpholine rings is 1. The lowest BCUT2D eigenvalue weighted by Gasteiger charge is -2.23. The Bertz CT molecular complexity index is 358. The Morgan fingerprint density at radius 1 is 1.44 bits per heavy atom. The zero-order chi connectivity index (χ0) is 11.4. The van der Waals surface area contributed by atoms with Crippen LogP contribution >= 0.6 is 11.6 Å². The molecule has 1 N–H and O–H groups in total. The minimum atomic E-state index is 0.125. The first-order valence-electron chi connectivity index (χ1n) is 5.35. The van der Waals surface area contributed by atoms with Crippen molar-refractivity contribution in [2.45, 2.75) is 12.5 Å². The van der Waals surface area contributed by atoms with Gasteiger partial charge in [0.15, 0.2) is 5.78 Å². The van der Waals surface area contributed by atoms with Gasteiger partial charge in [-0.2, -0.15) is 0 Å². The van der Waals surface area contributed by atoms with E-state index in [9.17, 15) is 4.79 Å². The Hall–Kier alpha value is -0.900. The van der Waals surface area contributed by atoms with Crippen LogP contribution in [0.4, 0.5) is 0 Å². The van der Waals surface area contributed by atoms with Gasteiger partial charge in [-0.25, -0.2) is 0 Å². The molecule has 1 aromatic rings. The van der Waals surface area contributed by atoms with Gasteiger partial charge in [0.1, 0.15) is 0 Å². The smallest absolute Gasteiger partial charge is 0.164 e. The molecule has 1 fully saturated rings. The number of hydrogen-bond donors (Lipinski definition) is 1. The predicted molar refractivity (Wildman–Crippen MR) is 63.0 cm³/mol. The highest BCUT2D eigenvalue weighted by molar-refractivity contribution is 6.30. The largest absolute Gasteiger partial charge is 0.378 e. The molecule has 1 heterocycles. The molecule has 1 aliphatic heterocycles. The Morgan fingerprint density at radius 2 is 2.19 bits per heavy atom. The van der Waals surface area contributed by atoms with Crippen LogP contribution in [0.2, 0.25) is 5.02 Å². The maximum Gasteiger partial charge on any atom is 0.164 e. The van der Waals surface area contributed by atoms with E-state index in [1.165, 1.54) is 0 Å². The summed E-state index contributed by atoms with van der Waals surface area (Å²) < 4.78 is 5.30. The maximum absolute atomic E-state index is 11.9. The van der Waals surface area contributed by atoms with Crippen molar-refractivity contribution >= 4 is 17.4 Å². The first-order chi connectivity index (χ1) is 7.75. The molecule has 0 bridgehead atoms. The van der Waals surface area contributed by atoms with Gasteiger partial charge < -0.3 is 10.1 Å². The molecule has 1 aromatic carbocycles. The number of nitrogens with one attached hydrogen (secondary N) is 1. The van der Waals surface area contributed by atoms with E-state index < -0.39 is 0 Å². The summed E-state index contributed by atoms with van der Waals surface area (Å²) >= 11 is 5.76. The summed E-state index contributed by atoms with van der Waals surface area (Å²) in [7, 11) is 0. The van der Waals surface area contributed by atoms with E-state index >= 15 is 0 Å². The highest BCUT2D eigenvalue weighted by atomic mass is 35.5. The molecule has 0 spiro atoms. The average Bonchev–Trinajstić information content (AvgIpc) is 2.31. The number of carbonyl (C=O) groups excluding carboxylic acids is 1. The monoisotopic (exact) mass is 239 g/mol. The minimum absolute atomic E-state index is 0.125. The van der Waals surface area contributed by atoms with Crippen molar-refractivity contribution in [1.29, 1.82) is 0 Å². The molecule has 3 nitrogen and oxygen atoms in total. The predicted octanol–water partition coefficient (Wildman–Crippen LogP) is 1.90. The molecule has 0 saturated carbocycles. The molecule has 16 heavy (non-hydrogen) atoms. The van der Waals surface area contributed by atoms with Crippen molar-refractivity contribution in [1.82, 2.24) is 5.32 Å². The van der Waals surface area contributed by atoms with Crippen molar-refractivity contribution in [2.75, 3.05) is 19.8 Å². The summed E-state index contributed by atoms with van der Waals surface area (Å²) in [5.41, 5.74) is 0.705. The van der Waals surface area contributed by atoms with Crippen LogP contribution in [0.25, 0.3) is 0 Å². The Labute approximate surface area is 99.7 Å². The highest BCUT2D eigenvalue weighted by Gasteiger charge is 2.17. The normalized spacial score (nSPS) is 20.7. The van der Waals surface area contributed by atoms with Gasteiger partial charge in [0, 0.05) is 29.6 Å². The molecule has 0 amide bonds. The summed E-state index contributed by atoms with van der Waals surface area (Å²) in [6.07, 6.45) is 0.474. The standard InChI is InChI=1S/C12H14ClNO2/c13-10-3-1-9(2-4-10)12(15)7-11-8-16-6-5-14-11/h1-4,11,14H,5-8H2. The van der Waals surface area contributed by atoms with Gasteiger partial charge in [0.2, 0.25) is 0 Å². The van der Waals surface area contributed by atoms with Crippen LogP contribution in [-0.2, 0) is 4.74 Å². The zero-order valence-corrected chi connectivity index (χ0v) is 9.67. The molecule has 0 aromatic heterocycles. The first-order valence-corrected chi connectivity index (χ1v) is 5.73. The third-order valence-corrected chi connectivity index (χ3v) is 2.85. The molecule has 1 saturated heterocycles. The molecule has 0 aliphatic carbocycles. The van der Waals surface area contributed by atoms with E-state index in [1.54, 1.807) is 24.3 Å². The molecule has 2 rings (SSSR count). The lowest BCUT2D eigenvalue weighted by Crippen LogP contribution is -2.42. The SMILES string of the molecule is O=C(CC1COCCN1)c1ccc(Cl)cc1. The molecule has 1 atom stereocenters. The molecule has 4 heteroatoms. The van der Waals surface area contributed by atoms with E-state index in [-0.39, 0.29) is 11.8 Å². The number of ether oxygens (including phenoxy) is 1. The zero-order valence-electron chi connectivity index (χ0n) is 8.91. The lowest BCUT2D eigenvalue weighted by atomic mass is 10.0. The molecular formula is C12H14ClNO2. The second-order valence-electron chi connectivity index (χ2n) is 3.86. The van der Waals surface area contributed by atoms with Gasteiger partial charge in [0.25, 0.3) is 0 Å². The van der Waals surface area contributed by atoms with Crippen LogP contribution in [0.5, 0.6) is 0 Å². The lowest BCUT2D eigenvalue weighted by molar-refractivity contribution is 0.0676. The van der Waals surface area contributed by atoms with E-state index in [2.05, 4.69) is 5.32 Å². The fourth-order valence-corrected chi connectivity index (χ4v) is 1.85. The number of carbonyl (C=O) groups is 1. The third kappa shape index (κ3) is 3.04. The highest BCUT2D eigenvalue weighted by Crippen LogP contribution is 2.12. The van der Waals surface area contributed by atoms with Crippen molar-refractivity contribution in [2.24, 2.45) is 0 Å². The number of benzene rings is 1. The fraction of sp³-hybridized carbons (Fsp3) is 0.417. The maximum atomic E-state index is 11.9.